The van der Waals surface area contributed by atoms with E-state index >= 15 is 0 Å². The molecule has 3 heterocycles. The minimum atomic E-state index is -0.575. The second-order valence-corrected chi connectivity index (χ2v) is 8.51. The first-order valence-corrected chi connectivity index (χ1v) is 11.9. The van der Waals surface area contributed by atoms with Crippen LogP contribution in [0.15, 0.2) is 18.5 Å². The number of hydrogen-bond donors (Lipinski definition) is 4. The molecule has 4 rings (SSSR count). The van der Waals surface area contributed by atoms with Gasteiger partial charge in [0, 0.05) is 39.0 Å². The minimum Gasteiger partial charge on any atom is -0.383 e. The average Bonchev–Trinajstić information content (AvgIpc) is 3.37. The molecule has 6 N–H and O–H groups in total. The van der Waals surface area contributed by atoms with Crippen molar-refractivity contribution in [1.82, 2.24) is 19.9 Å². The van der Waals surface area contributed by atoms with E-state index in [4.69, 9.17) is 21.6 Å². The molecule has 11 heteroatoms. The first kappa shape index (κ1) is 27.9. The number of pyridine rings is 1. The number of likely N-dealkylation sites (tertiary alicyclic amines) is 1. The molecule has 2 aliphatic rings. The van der Waals surface area contributed by atoms with Gasteiger partial charge >= 0.3 is 6.03 Å². The summed E-state index contributed by atoms with van der Waals surface area (Å²) in [5.74, 6) is -0.234. The summed E-state index contributed by atoms with van der Waals surface area (Å²) < 4.78 is 18.3. The summed E-state index contributed by atoms with van der Waals surface area (Å²) in [4.78, 5) is 23.9. The Hall–Kier alpha value is -3.34. The van der Waals surface area contributed by atoms with E-state index in [-0.39, 0.29) is 35.3 Å². The van der Waals surface area contributed by atoms with E-state index < -0.39 is 5.82 Å². The first-order chi connectivity index (χ1) is 16.8. The lowest BCUT2D eigenvalue weighted by Crippen LogP contribution is -2.34. The van der Waals surface area contributed by atoms with Crippen molar-refractivity contribution < 1.29 is 13.9 Å². The molecule has 35 heavy (non-hydrogen) atoms. The topological polar surface area (TPSA) is 156 Å². The van der Waals surface area contributed by atoms with E-state index in [9.17, 15) is 9.18 Å². The number of nitrogens with one attached hydrogen (secondary N) is 2. The van der Waals surface area contributed by atoms with Crippen LogP contribution in [0.3, 0.4) is 0 Å². The molecule has 1 saturated carbocycles. The molecule has 1 unspecified atom stereocenters. The summed E-state index contributed by atoms with van der Waals surface area (Å²) in [6.07, 6.45) is 12.7. The molecular weight excluding hydrogens is 451 g/mol. The summed E-state index contributed by atoms with van der Waals surface area (Å²) in [7, 11) is 3.19. The van der Waals surface area contributed by atoms with Crippen LogP contribution in [0.4, 0.5) is 20.8 Å². The number of halogens is 1. The molecule has 2 amide bonds. The molecule has 1 atom stereocenters. The van der Waals surface area contributed by atoms with Crippen molar-refractivity contribution in [2.24, 2.45) is 5.73 Å². The van der Waals surface area contributed by atoms with Gasteiger partial charge in [-0.05, 0) is 25.0 Å². The molecule has 10 nitrogen and oxygen atoms in total. The molecule has 0 bridgehead atoms. The Labute approximate surface area is 206 Å². The number of amides is 2. The van der Waals surface area contributed by atoms with Gasteiger partial charge in [-0.15, -0.1) is 0 Å². The first-order valence-electron chi connectivity index (χ1n) is 11.9. The van der Waals surface area contributed by atoms with Gasteiger partial charge in [-0.2, -0.15) is 0 Å². The quantitative estimate of drug-likeness (QED) is 0.480. The molecule has 2 fully saturated rings. The molecule has 0 radical (unpaired) electrons. The van der Waals surface area contributed by atoms with Crippen molar-refractivity contribution >= 4 is 23.4 Å². The van der Waals surface area contributed by atoms with Crippen molar-refractivity contribution in [3.63, 3.8) is 0 Å². The van der Waals surface area contributed by atoms with E-state index in [1.54, 1.807) is 31.3 Å². The minimum absolute atomic E-state index is 0.00481. The Balaban J connectivity index is 0.000000223. The van der Waals surface area contributed by atoms with E-state index in [2.05, 4.69) is 20.3 Å². The maximum atomic E-state index is 13.3. The molecule has 0 aromatic carbocycles. The highest BCUT2D eigenvalue weighted by Crippen LogP contribution is 2.16. The number of aromatic nitrogens is 3. The molecule has 1 aliphatic heterocycles. The molecule has 2 aromatic rings. The third-order valence-electron chi connectivity index (χ3n) is 5.82. The zero-order valence-electron chi connectivity index (χ0n) is 20.8. The molecule has 2 aromatic heterocycles. The van der Waals surface area contributed by atoms with Crippen LogP contribution in [0, 0.1) is 18.2 Å². The third kappa shape index (κ3) is 8.75. The second-order valence-electron chi connectivity index (χ2n) is 8.51. The second kappa shape index (κ2) is 14.1. The summed E-state index contributed by atoms with van der Waals surface area (Å²) in [6.45, 7) is 3.22. The van der Waals surface area contributed by atoms with Gasteiger partial charge in [-0.1, -0.05) is 38.5 Å². The average molecular weight is 489 g/mol. The molecule has 1 aliphatic carbocycles. The summed E-state index contributed by atoms with van der Waals surface area (Å²) in [5, 5.41) is 10.7. The summed E-state index contributed by atoms with van der Waals surface area (Å²) in [6, 6.07) is 1.37. The number of nitrogens with two attached hydrogens (primary N) is 2. The Morgan fingerprint density at radius 3 is 2.31 bits per heavy atom. The largest absolute Gasteiger partial charge is 0.383 e. The number of nitrogens with zero attached hydrogens (tertiary/aromatic N) is 4. The number of primary amides is 1. The number of rotatable bonds is 4. The van der Waals surface area contributed by atoms with Gasteiger partial charge < -0.3 is 26.4 Å². The standard InChI is InChI=1S/C12H13FN6.C6H12N2O2.C6H12/c1-6-3-7(10(15)17-4-6)9(14)12-18-5-8(13)11(16-2)19-12;1-10-5-2-3-8(4-5)6(7)9;1-2-4-6-5-3-1/h3-5,14H,1-2H3,(H2,15,17)(H,16,18,19);5H,2-4H2,1H3,(H2,7,9);1-6H2. The maximum absolute atomic E-state index is 13.3. The number of methoxy groups -OCH3 is 1. The Bertz CT molecular complexity index is 972. The number of carbonyl (C=O) groups excluding carboxylic acids is 1. The number of ether oxygens (including phenoxy) is 1. The predicted molar refractivity (Wildman–Crippen MR) is 135 cm³/mol. The van der Waals surface area contributed by atoms with Crippen LogP contribution < -0.4 is 16.8 Å². The number of carbonyl (C=O) groups is 1. The van der Waals surface area contributed by atoms with Crippen molar-refractivity contribution in [2.75, 3.05) is 38.3 Å². The van der Waals surface area contributed by atoms with Crippen molar-refractivity contribution in [3.8, 4) is 0 Å². The number of nitrogen functional groups attached to an aromatic ring is 1. The Morgan fingerprint density at radius 2 is 1.83 bits per heavy atom. The van der Waals surface area contributed by atoms with Gasteiger partial charge in [0.15, 0.2) is 17.5 Å². The molecular formula is C24H37FN8O2. The fourth-order valence-corrected chi connectivity index (χ4v) is 3.74. The molecule has 1 saturated heterocycles. The number of aryl methyl sites for hydroxylation is 1. The number of urea groups is 1. The lowest BCUT2D eigenvalue weighted by atomic mass is 10.0. The predicted octanol–water partition coefficient (Wildman–Crippen LogP) is 3.49. The van der Waals surface area contributed by atoms with Crippen LogP contribution in [0.2, 0.25) is 0 Å². The Kier molecular flexibility index (Phi) is 11.3. The number of hydrogen-bond acceptors (Lipinski definition) is 8. The van der Waals surface area contributed by atoms with E-state index in [0.717, 1.165) is 24.7 Å². The van der Waals surface area contributed by atoms with Crippen LogP contribution in [-0.4, -0.2) is 64.9 Å². The highest BCUT2D eigenvalue weighted by molar-refractivity contribution is 6.11. The maximum Gasteiger partial charge on any atom is 0.314 e. The zero-order chi connectivity index (χ0) is 25.8. The molecule has 0 spiro atoms. The van der Waals surface area contributed by atoms with Gasteiger partial charge in [0.25, 0.3) is 0 Å². The normalized spacial score (nSPS) is 16.9. The van der Waals surface area contributed by atoms with E-state index in [1.165, 1.54) is 38.5 Å². The summed E-state index contributed by atoms with van der Waals surface area (Å²) >= 11 is 0. The smallest absolute Gasteiger partial charge is 0.314 e. The van der Waals surface area contributed by atoms with Crippen LogP contribution in [0.25, 0.3) is 0 Å². The highest BCUT2D eigenvalue weighted by atomic mass is 19.1. The van der Waals surface area contributed by atoms with Crippen LogP contribution >= 0.6 is 0 Å². The monoisotopic (exact) mass is 488 g/mol. The Morgan fingerprint density at radius 1 is 1.20 bits per heavy atom. The third-order valence-corrected chi connectivity index (χ3v) is 5.82. The lowest BCUT2D eigenvalue weighted by molar-refractivity contribution is 0.111. The van der Waals surface area contributed by atoms with Gasteiger partial charge in [-0.25, -0.2) is 24.1 Å². The van der Waals surface area contributed by atoms with Gasteiger partial charge in [0.2, 0.25) is 0 Å². The van der Waals surface area contributed by atoms with Crippen LogP contribution in [-0.2, 0) is 4.74 Å². The fourth-order valence-electron chi connectivity index (χ4n) is 3.74. The summed E-state index contributed by atoms with van der Waals surface area (Å²) in [5.41, 5.74) is 12.1. The lowest BCUT2D eigenvalue weighted by Gasteiger charge is -2.11. The van der Waals surface area contributed by atoms with Gasteiger partial charge in [-0.3, -0.25) is 5.41 Å². The van der Waals surface area contributed by atoms with Crippen molar-refractivity contribution in [2.45, 2.75) is 58.0 Å². The van der Waals surface area contributed by atoms with Gasteiger partial charge in [0.1, 0.15) is 11.5 Å². The van der Waals surface area contributed by atoms with Crippen molar-refractivity contribution in [1.29, 1.82) is 5.41 Å². The van der Waals surface area contributed by atoms with E-state index in [0.29, 0.717) is 12.1 Å². The van der Waals surface area contributed by atoms with Crippen molar-refractivity contribution in [3.05, 3.63) is 41.2 Å². The van der Waals surface area contributed by atoms with Crippen LogP contribution in [0.5, 0.6) is 0 Å². The van der Waals surface area contributed by atoms with E-state index in [1.807, 2.05) is 6.92 Å². The molecule has 192 valence electrons. The SMILES string of the molecule is C1CCCCC1.CNc1nc(C(=N)c2cc(C)cnc2N)ncc1F.COC1CCN(C(N)=O)C1. The fraction of sp³-hybridized carbons (Fsp3) is 0.542. The van der Waals surface area contributed by atoms with Gasteiger partial charge in [0.05, 0.1) is 12.3 Å². The van der Waals surface area contributed by atoms with Crippen LogP contribution in [0.1, 0.15) is 61.9 Å². The zero-order valence-corrected chi connectivity index (χ0v) is 20.8. The highest BCUT2D eigenvalue weighted by Gasteiger charge is 2.23. The number of anilines is 2.